The normalized spacial score (nSPS) is 18.2. The second-order valence-corrected chi connectivity index (χ2v) is 8.87. The van der Waals surface area contributed by atoms with E-state index in [0.717, 1.165) is 30.7 Å². The van der Waals surface area contributed by atoms with Crippen LogP contribution in [0.3, 0.4) is 0 Å². The summed E-state index contributed by atoms with van der Waals surface area (Å²) in [7, 11) is 3.95. The summed E-state index contributed by atoms with van der Waals surface area (Å²) in [5.41, 5.74) is 0.646. The van der Waals surface area contributed by atoms with Gasteiger partial charge in [-0.25, -0.2) is 0 Å². The molecule has 1 N–H and O–H groups in total. The fraction of sp³-hybridized carbons (Fsp3) is 0.417. The fourth-order valence-electron chi connectivity index (χ4n) is 3.61. The third-order valence-electron chi connectivity index (χ3n) is 5.25. The van der Waals surface area contributed by atoms with Gasteiger partial charge < -0.3 is 19.6 Å². The predicted molar refractivity (Wildman–Crippen MR) is 123 cm³/mol. The molecule has 1 aliphatic rings. The van der Waals surface area contributed by atoms with Crippen molar-refractivity contribution in [2.75, 3.05) is 33.8 Å². The Kier molecular flexibility index (Phi) is 7.87. The predicted octanol–water partition coefficient (Wildman–Crippen LogP) is 4.30. The average molecular weight is 443 g/mol. The molecule has 0 spiro atoms. The SMILES string of the molecule is CCCCOc1ccc(/C(O)=C2\C(=O)C(=O)N(CCCN(C)C)C2c2cccs2)cc1. The smallest absolute Gasteiger partial charge is 0.295 e. The lowest BCUT2D eigenvalue weighted by Crippen LogP contribution is -2.32. The van der Waals surface area contributed by atoms with E-state index in [1.165, 1.54) is 11.3 Å². The first-order valence-electron chi connectivity index (χ1n) is 10.6. The van der Waals surface area contributed by atoms with E-state index in [4.69, 9.17) is 4.74 Å². The zero-order valence-electron chi connectivity index (χ0n) is 18.3. The van der Waals surface area contributed by atoms with Crippen LogP contribution >= 0.6 is 11.3 Å². The molecule has 1 saturated heterocycles. The average Bonchev–Trinajstić information content (AvgIpc) is 3.36. The standard InChI is InChI=1S/C24H30N2O4S/c1-4-5-15-30-18-11-9-17(10-12-18)22(27)20-21(19-8-6-16-31-19)26(24(29)23(20)28)14-7-13-25(2)3/h6,8-12,16,21,27H,4-5,7,13-15H2,1-3H3/b22-20+. The van der Waals surface area contributed by atoms with Crippen LogP contribution in [-0.4, -0.2) is 60.4 Å². The van der Waals surface area contributed by atoms with Crippen LogP contribution in [0.2, 0.25) is 0 Å². The van der Waals surface area contributed by atoms with Gasteiger partial charge in [0.25, 0.3) is 11.7 Å². The van der Waals surface area contributed by atoms with Crippen LogP contribution in [0.5, 0.6) is 5.75 Å². The molecule has 166 valence electrons. The molecule has 0 saturated carbocycles. The zero-order valence-corrected chi connectivity index (χ0v) is 19.2. The molecule has 2 aromatic rings. The molecule has 1 aliphatic heterocycles. The summed E-state index contributed by atoms with van der Waals surface area (Å²) in [5.74, 6) is -0.627. The maximum absolute atomic E-state index is 12.9. The number of nitrogens with zero attached hydrogens (tertiary/aromatic N) is 2. The highest BCUT2D eigenvalue weighted by Crippen LogP contribution is 2.41. The van der Waals surface area contributed by atoms with Crippen molar-refractivity contribution in [2.45, 2.75) is 32.2 Å². The lowest BCUT2D eigenvalue weighted by Gasteiger charge is -2.24. The molecular weight excluding hydrogens is 412 g/mol. The second-order valence-electron chi connectivity index (χ2n) is 7.89. The largest absolute Gasteiger partial charge is 0.507 e. The molecule has 7 heteroatoms. The van der Waals surface area contributed by atoms with E-state index in [-0.39, 0.29) is 11.3 Å². The number of carbonyl (C=O) groups is 2. The van der Waals surface area contributed by atoms with Crippen molar-refractivity contribution in [3.8, 4) is 5.75 Å². The number of carbonyl (C=O) groups excluding carboxylic acids is 2. The number of aliphatic hydroxyl groups is 1. The molecule has 1 aromatic carbocycles. The maximum atomic E-state index is 12.9. The highest BCUT2D eigenvalue weighted by atomic mass is 32.1. The van der Waals surface area contributed by atoms with Gasteiger partial charge in [-0.15, -0.1) is 11.3 Å². The number of ketones is 1. The molecule has 3 rings (SSSR count). The number of amides is 1. The highest BCUT2D eigenvalue weighted by molar-refractivity contribution is 7.10. The van der Waals surface area contributed by atoms with E-state index in [1.54, 1.807) is 29.2 Å². The van der Waals surface area contributed by atoms with Gasteiger partial charge in [0.2, 0.25) is 0 Å². The van der Waals surface area contributed by atoms with Crippen molar-refractivity contribution in [2.24, 2.45) is 0 Å². The lowest BCUT2D eigenvalue weighted by atomic mass is 10.00. The van der Waals surface area contributed by atoms with Gasteiger partial charge >= 0.3 is 0 Å². The van der Waals surface area contributed by atoms with Gasteiger partial charge in [0, 0.05) is 17.0 Å². The fourth-order valence-corrected chi connectivity index (χ4v) is 4.45. The number of thiophene rings is 1. The number of likely N-dealkylation sites (tertiary alicyclic amines) is 1. The Bertz CT molecular complexity index is 920. The van der Waals surface area contributed by atoms with E-state index >= 15 is 0 Å². The van der Waals surface area contributed by atoms with Crippen LogP contribution < -0.4 is 4.74 Å². The number of hydrogen-bond donors (Lipinski definition) is 1. The number of hydrogen-bond acceptors (Lipinski definition) is 6. The Morgan fingerprint density at radius 1 is 1.16 bits per heavy atom. The van der Waals surface area contributed by atoms with Gasteiger partial charge in [0.15, 0.2) is 0 Å². The topological polar surface area (TPSA) is 70.1 Å². The molecule has 1 aromatic heterocycles. The number of aliphatic hydroxyl groups excluding tert-OH is 1. The molecule has 1 fully saturated rings. The van der Waals surface area contributed by atoms with Crippen molar-refractivity contribution in [3.63, 3.8) is 0 Å². The molecule has 6 nitrogen and oxygen atoms in total. The maximum Gasteiger partial charge on any atom is 0.295 e. The minimum atomic E-state index is -0.635. The van der Waals surface area contributed by atoms with Crippen molar-refractivity contribution in [3.05, 3.63) is 57.8 Å². The first-order valence-corrected chi connectivity index (χ1v) is 11.5. The van der Waals surface area contributed by atoms with Crippen LogP contribution in [-0.2, 0) is 9.59 Å². The van der Waals surface area contributed by atoms with E-state index in [9.17, 15) is 14.7 Å². The van der Waals surface area contributed by atoms with Gasteiger partial charge in [-0.05, 0) is 69.2 Å². The Hall–Kier alpha value is -2.64. The minimum Gasteiger partial charge on any atom is -0.507 e. The first-order chi connectivity index (χ1) is 14.9. The Morgan fingerprint density at radius 2 is 1.90 bits per heavy atom. The summed E-state index contributed by atoms with van der Waals surface area (Å²) < 4.78 is 5.68. The summed E-state index contributed by atoms with van der Waals surface area (Å²) in [6, 6.07) is 10.2. The quantitative estimate of drug-likeness (QED) is 0.257. The summed E-state index contributed by atoms with van der Waals surface area (Å²) in [6.45, 7) is 3.99. The van der Waals surface area contributed by atoms with Gasteiger partial charge in [-0.2, -0.15) is 0 Å². The first kappa shape index (κ1) is 23.0. The molecular formula is C24H30N2O4S. The number of Topliss-reactive ketones (excluding diaryl/α,β-unsaturated/α-hetero) is 1. The number of unbranched alkanes of at least 4 members (excludes halogenated alkanes) is 1. The monoisotopic (exact) mass is 442 g/mol. The summed E-state index contributed by atoms with van der Waals surface area (Å²) in [5, 5.41) is 13.0. The van der Waals surface area contributed by atoms with Crippen LogP contribution in [0.1, 0.15) is 42.7 Å². The molecule has 1 unspecified atom stereocenters. The summed E-state index contributed by atoms with van der Waals surface area (Å²) >= 11 is 1.48. The number of ether oxygens (including phenoxy) is 1. The van der Waals surface area contributed by atoms with Gasteiger partial charge in [0.1, 0.15) is 11.5 Å². The minimum absolute atomic E-state index is 0.146. The summed E-state index contributed by atoms with van der Waals surface area (Å²) in [6.07, 6.45) is 2.77. The lowest BCUT2D eigenvalue weighted by molar-refractivity contribution is -0.139. The second kappa shape index (κ2) is 10.6. The van der Waals surface area contributed by atoms with E-state index < -0.39 is 17.7 Å². The molecule has 0 bridgehead atoms. The number of benzene rings is 1. The molecule has 1 atom stereocenters. The molecule has 2 heterocycles. The van der Waals surface area contributed by atoms with Crippen molar-refractivity contribution >= 4 is 28.8 Å². The van der Waals surface area contributed by atoms with E-state index in [2.05, 4.69) is 6.92 Å². The van der Waals surface area contributed by atoms with Gasteiger partial charge in [-0.1, -0.05) is 19.4 Å². The number of rotatable bonds is 10. The Labute approximate surface area is 187 Å². The third-order valence-corrected chi connectivity index (χ3v) is 6.18. The highest BCUT2D eigenvalue weighted by Gasteiger charge is 2.46. The molecule has 0 aliphatic carbocycles. The van der Waals surface area contributed by atoms with Crippen LogP contribution in [0, 0.1) is 0 Å². The third kappa shape index (κ3) is 5.35. The Morgan fingerprint density at radius 3 is 2.52 bits per heavy atom. The van der Waals surface area contributed by atoms with Gasteiger partial charge in [-0.3, -0.25) is 9.59 Å². The summed E-state index contributed by atoms with van der Waals surface area (Å²) in [4.78, 5) is 30.3. The van der Waals surface area contributed by atoms with E-state index in [0.29, 0.717) is 24.5 Å². The van der Waals surface area contributed by atoms with Crippen molar-refractivity contribution in [1.29, 1.82) is 0 Å². The van der Waals surface area contributed by atoms with Crippen LogP contribution in [0.4, 0.5) is 0 Å². The Balaban J connectivity index is 1.91. The van der Waals surface area contributed by atoms with Crippen LogP contribution in [0.25, 0.3) is 5.76 Å². The molecule has 31 heavy (non-hydrogen) atoms. The molecule has 0 radical (unpaired) electrons. The van der Waals surface area contributed by atoms with E-state index in [1.807, 2.05) is 36.5 Å². The molecule has 1 amide bonds. The zero-order chi connectivity index (χ0) is 22.4. The van der Waals surface area contributed by atoms with Gasteiger partial charge in [0.05, 0.1) is 18.2 Å². The van der Waals surface area contributed by atoms with Crippen LogP contribution in [0.15, 0.2) is 47.4 Å². The van der Waals surface area contributed by atoms with Crippen molar-refractivity contribution in [1.82, 2.24) is 9.80 Å². The van der Waals surface area contributed by atoms with Crippen molar-refractivity contribution < 1.29 is 19.4 Å².